The van der Waals surface area contributed by atoms with Gasteiger partial charge in [0, 0.05) is 0 Å². The van der Waals surface area contributed by atoms with Gasteiger partial charge in [-0.25, -0.2) is 12.1 Å². The van der Waals surface area contributed by atoms with Gasteiger partial charge in [-0.05, 0) is 48.5 Å². The first-order chi connectivity index (χ1) is 19.1. The van der Waals surface area contributed by atoms with Crippen molar-refractivity contribution in [2.45, 2.75) is 33.1 Å². The van der Waals surface area contributed by atoms with E-state index in [1.54, 1.807) is 24.2 Å². The molecule has 0 fully saturated rings. The molecule has 0 amide bonds. The van der Waals surface area contributed by atoms with Gasteiger partial charge in [-0.3, -0.25) is 0 Å². The van der Waals surface area contributed by atoms with E-state index < -0.39 is 23.5 Å². The Kier molecular flexibility index (Phi) is 15.1. The van der Waals surface area contributed by atoms with Crippen molar-refractivity contribution in [3.05, 3.63) is 132 Å². The molecular weight excluding hydrogens is 622 g/mol. The largest absolute Gasteiger partial charge is 0.508 e. The van der Waals surface area contributed by atoms with Crippen LogP contribution in [0.5, 0.6) is 11.5 Å². The summed E-state index contributed by atoms with van der Waals surface area (Å²) in [6.07, 6.45) is -8.65. The minimum atomic E-state index is -4.33. The van der Waals surface area contributed by atoms with Gasteiger partial charge in [0.1, 0.15) is 11.5 Å². The van der Waals surface area contributed by atoms with E-state index in [0.29, 0.717) is 0 Å². The zero-order valence-corrected chi connectivity index (χ0v) is 25.1. The van der Waals surface area contributed by atoms with Crippen LogP contribution < -0.4 is 0 Å². The first-order valence-corrected chi connectivity index (χ1v) is 13.4. The predicted molar refractivity (Wildman–Crippen MR) is 149 cm³/mol. The van der Waals surface area contributed by atoms with E-state index >= 15 is 0 Å². The van der Waals surface area contributed by atoms with Crippen molar-refractivity contribution in [3.8, 4) is 11.5 Å². The fourth-order valence-electron chi connectivity index (χ4n) is 2.84. The van der Waals surface area contributed by atoms with Crippen molar-refractivity contribution in [2.75, 3.05) is 0 Å². The summed E-state index contributed by atoms with van der Waals surface area (Å²) in [6, 6.07) is 30.2. The second-order valence-electron chi connectivity index (χ2n) is 8.71. The van der Waals surface area contributed by atoms with Crippen LogP contribution in [-0.4, -0.2) is 13.4 Å². The van der Waals surface area contributed by atoms with E-state index in [2.05, 4.69) is 75.4 Å². The second kappa shape index (κ2) is 17.4. The Morgan fingerprint density at radius 2 is 1.05 bits per heavy atom. The molecule has 5 rings (SSSR count). The van der Waals surface area contributed by atoms with Crippen LogP contribution in [-0.2, 0) is 36.6 Å². The number of hydrogen-bond acceptors (Lipinski definition) is 2. The van der Waals surface area contributed by atoms with Crippen molar-refractivity contribution < 1.29 is 60.8 Å². The van der Waals surface area contributed by atoms with Crippen LogP contribution in [0.15, 0.2) is 115 Å². The van der Waals surface area contributed by atoms with Gasteiger partial charge in [0.05, 0.1) is 11.1 Å². The average molecular weight is 652 g/mol. The number of halogens is 6. The molecule has 216 valence electrons. The Bertz CT molecular complexity index is 1310. The Morgan fingerprint density at radius 1 is 0.659 bits per heavy atom. The summed E-state index contributed by atoms with van der Waals surface area (Å²) < 4.78 is 72.5. The average Bonchev–Trinajstić information content (AvgIpc) is 3.56. The van der Waals surface area contributed by atoms with Crippen LogP contribution in [0.25, 0.3) is 10.8 Å². The van der Waals surface area contributed by atoms with Crippen LogP contribution in [0.2, 0.25) is 0 Å². The molecule has 0 aliphatic carbocycles. The summed E-state index contributed by atoms with van der Waals surface area (Å²) in [4.78, 5) is 0. The van der Waals surface area contributed by atoms with E-state index in [1.165, 1.54) is 19.5 Å². The van der Waals surface area contributed by atoms with E-state index in [9.17, 15) is 26.3 Å². The van der Waals surface area contributed by atoms with Crippen molar-refractivity contribution in [1.82, 2.24) is 0 Å². The van der Waals surface area contributed by atoms with Gasteiger partial charge in [-0.15, -0.1) is 29.7 Å². The maximum atomic E-state index is 11.8. The van der Waals surface area contributed by atoms with Crippen LogP contribution in [0.1, 0.15) is 30.5 Å². The summed E-state index contributed by atoms with van der Waals surface area (Å²) in [7, 11) is 0. The maximum Gasteiger partial charge on any atom is 0.416 e. The Morgan fingerprint density at radius 3 is 1.37 bits per heavy atom. The molecule has 0 aromatic heterocycles. The minimum Gasteiger partial charge on any atom is -0.508 e. The third kappa shape index (κ3) is 15.8. The Balaban J connectivity index is 0.000000266. The molecule has 0 atom stereocenters. The van der Waals surface area contributed by atoms with Gasteiger partial charge in [-0.2, -0.15) is 61.6 Å². The van der Waals surface area contributed by atoms with Gasteiger partial charge < -0.3 is 10.2 Å². The molecule has 0 bridgehead atoms. The topological polar surface area (TPSA) is 40.5 Å². The molecule has 2 N–H and O–H groups in total. The molecule has 0 saturated carbocycles. The minimum absolute atomic E-state index is 0.169. The van der Waals surface area contributed by atoms with Gasteiger partial charge >= 0.3 is 53.6 Å². The van der Waals surface area contributed by atoms with E-state index in [0.717, 1.165) is 48.5 Å². The molecule has 0 unspecified atom stereocenters. The zero-order chi connectivity index (χ0) is 31.1. The number of benzene rings is 3. The standard InChI is InChI=1S/C9H7.2C7H5F3O.C6H7.C3H6.Zr/c1-2-5-9-7-3-6-8(9)4-1;2*8-7(9,10)5-1-3-6(11)4-2-5;1-6-4-2-3-5-6;1-3-2;/h1-7H;2*1-4,11H;2-5H,1H3;1-2H3;/q-1;;;-1;;+2. The Labute approximate surface area is 250 Å². The fraction of sp³-hybridized carbons (Fsp3) is 0.156. The first-order valence-electron chi connectivity index (χ1n) is 12.1. The summed E-state index contributed by atoms with van der Waals surface area (Å²) in [5, 5.41) is 20.0. The van der Waals surface area contributed by atoms with Crippen LogP contribution in [0.3, 0.4) is 0 Å². The fourth-order valence-corrected chi connectivity index (χ4v) is 2.84. The number of aryl methyl sites for hydroxylation is 1. The molecule has 0 aliphatic rings. The summed E-state index contributed by atoms with van der Waals surface area (Å²) in [5.74, 6) is -0.337. The van der Waals surface area contributed by atoms with Crippen molar-refractivity contribution in [1.29, 1.82) is 0 Å². The molecule has 9 heteroatoms. The van der Waals surface area contributed by atoms with Gasteiger partial charge in [0.15, 0.2) is 0 Å². The maximum absolute atomic E-state index is 11.8. The number of alkyl halides is 6. The molecule has 0 saturated heterocycles. The van der Waals surface area contributed by atoms with Crippen molar-refractivity contribution in [3.63, 3.8) is 0 Å². The van der Waals surface area contributed by atoms with Gasteiger partial charge in [-0.1, -0.05) is 13.0 Å². The summed E-state index contributed by atoms with van der Waals surface area (Å²) in [5.41, 5.74) is -0.166. The number of aromatic hydroxyl groups is 2. The van der Waals surface area contributed by atoms with Crippen molar-refractivity contribution in [2.24, 2.45) is 0 Å². The van der Waals surface area contributed by atoms with E-state index in [1.807, 2.05) is 12.1 Å². The molecule has 41 heavy (non-hydrogen) atoms. The number of rotatable bonds is 0. The second-order valence-corrected chi connectivity index (χ2v) is 11.2. The number of hydrogen-bond donors (Lipinski definition) is 2. The Hall–Kier alpha value is -3.45. The zero-order valence-electron chi connectivity index (χ0n) is 22.6. The van der Waals surface area contributed by atoms with Gasteiger partial charge in [0.2, 0.25) is 0 Å². The quantitative estimate of drug-likeness (QED) is 0.129. The van der Waals surface area contributed by atoms with Crippen LogP contribution in [0, 0.1) is 6.92 Å². The number of phenols is 2. The number of fused-ring (bicyclic) bond motifs is 1. The molecule has 0 radical (unpaired) electrons. The van der Waals surface area contributed by atoms with E-state index in [-0.39, 0.29) is 11.5 Å². The SMILES string of the molecule is C[C](C)=[Zr+2].C[c-]1cccc1.Oc1ccc(C(F)(F)F)cc1.Oc1ccc(C(F)(F)F)cc1.c1ccc2[cH-]ccc2c1. The molecule has 0 heterocycles. The first kappa shape index (κ1) is 35.6. The normalized spacial score (nSPS) is 10.4. The number of phenolic OH excluding ortho intramolecular Hbond substituents is 2. The molecule has 0 spiro atoms. The third-order valence-electron chi connectivity index (χ3n) is 4.77. The van der Waals surface area contributed by atoms with Crippen LogP contribution in [0.4, 0.5) is 26.3 Å². The summed E-state index contributed by atoms with van der Waals surface area (Å²) in [6.45, 7) is 6.33. The summed E-state index contributed by atoms with van der Waals surface area (Å²) >= 11 is 1.55. The van der Waals surface area contributed by atoms with Crippen molar-refractivity contribution >= 4 is 14.0 Å². The van der Waals surface area contributed by atoms with Gasteiger partial charge in [0.25, 0.3) is 0 Å². The van der Waals surface area contributed by atoms with E-state index in [4.69, 9.17) is 10.2 Å². The van der Waals surface area contributed by atoms with Crippen LogP contribution >= 0.6 is 0 Å². The predicted octanol–water partition coefficient (Wildman–Crippen LogP) is 9.84. The smallest absolute Gasteiger partial charge is 0.416 e. The third-order valence-corrected chi connectivity index (χ3v) is 4.77. The molecule has 2 nitrogen and oxygen atoms in total. The molecule has 5 aromatic carbocycles. The molecule has 5 aromatic rings. The monoisotopic (exact) mass is 650 g/mol. The molecule has 0 aliphatic heterocycles. The molecular formula is C32H30F6O2Zr.